The molecule has 248 valence electrons. The molecule has 1 aromatic heterocycles. The minimum absolute atomic E-state index is 0.0383. The van der Waals surface area contributed by atoms with Crippen LogP contribution in [0.3, 0.4) is 0 Å². The Morgan fingerprint density at radius 3 is 2.30 bits per heavy atom. The van der Waals surface area contributed by atoms with Gasteiger partial charge in [0.15, 0.2) is 6.10 Å². The molecule has 0 spiro atoms. The molecule has 11 nitrogen and oxygen atoms in total. The van der Waals surface area contributed by atoms with Gasteiger partial charge in [0.25, 0.3) is 5.91 Å². The highest BCUT2D eigenvalue weighted by Gasteiger charge is 2.36. The zero-order valence-electron chi connectivity index (χ0n) is 27.6. The standard InChI is InChI=1S/C35H49N7O4/c1-25-22-28(36-24-26(25)2)23-32(33(43)40-20-18-39(19-21-40)29-9-13-38(3)14-10-29)46-35(45)41-15-11-30(12-16-41)42-17-8-27-6-4-5-7-31(27)37-34(42)44/h4-7,22,24,29-30,32H,8-21,23H2,1-3H3,(H,37,44)/t32-/m1/s1. The van der Waals surface area contributed by atoms with Gasteiger partial charge in [-0.3, -0.25) is 14.7 Å². The Balaban J connectivity index is 1.07. The van der Waals surface area contributed by atoms with Crippen LogP contribution in [-0.2, 0) is 22.4 Å². The van der Waals surface area contributed by atoms with E-state index in [-0.39, 0.29) is 24.4 Å². The lowest BCUT2D eigenvalue weighted by molar-refractivity contribution is -0.143. The first-order chi connectivity index (χ1) is 22.2. The molecule has 6 rings (SSSR count). The summed E-state index contributed by atoms with van der Waals surface area (Å²) in [5.41, 5.74) is 4.92. The Labute approximate surface area is 272 Å². The van der Waals surface area contributed by atoms with Gasteiger partial charge in [-0.25, -0.2) is 9.59 Å². The van der Waals surface area contributed by atoms with Crippen molar-refractivity contribution in [2.75, 3.05) is 71.3 Å². The van der Waals surface area contributed by atoms with E-state index in [4.69, 9.17) is 4.74 Å². The minimum atomic E-state index is -0.940. The van der Waals surface area contributed by atoms with Gasteiger partial charge in [0, 0.05) is 81.9 Å². The van der Waals surface area contributed by atoms with E-state index in [1.807, 2.05) is 54.1 Å². The molecular weight excluding hydrogens is 582 g/mol. The Hall–Kier alpha value is -3.70. The van der Waals surface area contributed by atoms with Crippen molar-refractivity contribution in [1.82, 2.24) is 29.5 Å². The molecule has 4 aliphatic heterocycles. The van der Waals surface area contributed by atoms with Crippen LogP contribution < -0.4 is 5.32 Å². The number of nitrogens with one attached hydrogen (secondary N) is 1. The topological polar surface area (TPSA) is 102 Å². The first kappa shape index (κ1) is 32.2. The normalized spacial score (nSPS) is 21.4. The molecule has 0 unspecified atom stereocenters. The van der Waals surface area contributed by atoms with Gasteiger partial charge in [-0.05, 0) is 94.9 Å². The highest BCUT2D eigenvalue weighted by Crippen LogP contribution is 2.25. The Bertz CT molecular complexity index is 1400. The number of hydrogen-bond donors (Lipinski definition) is 1. The molecule has 4 aliphatic rings. The molecule has 0 radical (unpaired) electrons. The average molecular weight is 632 g/mol. The SMILES string of the molecule is Cc1cnc(C[C@@H](OC(=O)N2CCC(N3CCc4ccccc4NC3=O)CC2)C(=O)N2CCN(C3CCN(C)CC3)CC2)cc1C. The van der Waals surface area contributed by atoms with Crippen LogP contribution in [0.2, 0.25) is 0 Å². The number of amides is 4. The second-order valence-corrected chi connectivity index (χ2v) is 13.5. The van der Waals surface area contributed by atoms with Crippen LogP contribution in [0.1, 0.15) is 48.1 Å². The summed E-state index contributed by atoms with van der Waals surface area (Å²) in [5.74, 6) is -0.146. The number of likely N-dealkylation sites (tertiary alicyclic amines) is 2. The fraction of sp³-hybridized carbons (Fsp3) is 0.600. The van der Waals surface area contributed by atoms with Crippen molar-refractivity contribution >= 4 is 23.7 Å². The first-order valence-electron chi connectivity index (χ1n) is 17.0. The number of rotatable bonds is 6. The second-order valence-electron chi connectivity index (χ2n) is 13.5. The van der Waals surface area contributed by atoms with Gasteiger partial charge in [0.1, 0.15) is 0 Å². The number of para-hydroxylation sites is 1. The number of anilines is 1. The predicted molar refractivity (Wildman–Crippen MR) is 177 cm³/mol. The van der Waals surface area contributed by atoms with Crippen LogP contribution >= 0.6 is 0 Å². The number of carbonyl (C=O) groups excluding carboxylic acids is 3. The van der Waals surface area contributed by atoms with Gasteiger partial charge in [0.2, 0.25) is 0 Å². The fourth-order valence-electron chi connectivity index (χ4n) is 7.33. The highest BCUT2D eigenvalue weighted by atomic mass is 16.6. The van der Waals surface area contributed by atoms with Crippen molar-refractivity contribution in [3.63, 3.8) is 0 Å². The van der Waals surface area contributed by atoms with Crippen LogP contribution in [0.15, 0.2) is 36.5 Å². The highest BCUT2D eigenvalue weighted by molar-refractivity contribution is 5.91. The second kappa shape index (κ2) is 14.4. The molecule has 1 aromatic carbocycles. The number of aromatic nitrogens is 1. The third kappa shape index (κ3) is 7.47. The summed E-state index contributed by atoms with van der Waals surface area (Å²) in [7, 11) is 2.17. The largest absolute Gasteiger partial charge is 0.436 e. The van der Waals surface area contributed by atoms with Crippen LogP contribution in [-0.4, -0.2) is 132 Å². The molecule has 0 bridgehead atoms. The molecule has 2 aromatic rings. The molecule has 1 N–H and O–H groups in total. The molecule has 4 amide bonds. The van der Waals surface area contributed by atoms with E-state index < -0.39 is 12.2 Å². The lowest BCUT2D eigenvalue weighted by Gasteiger charge is -2.42. The lowest BCUT2D eigenvalue weighted by atomic mass is 10.0. The van der Waals surface area contributed by atoms with Crippen molar-refractivity contribution < 1.29 is 19.1 Å². The summed E-state index contributed by atoms with van der Waals surface area (Å²) < 4.78 is 6.04. The lowest BCUT2D eigenvalue weighted by Crippen LogP contribution is -2.56. The molecule has 0 aliphatic carbocycles. The maximum Gasteiger partial charge on any atom is 0.410 e. The summed E-state index contributed by atoms with van der Waals surface area (Å²) in [6.45, 7) is 10.8. The summed E-state index contributed by atoms with van der Waals surface area (Å²) in [6.07, 6.45) is 5.08. The van der Waals surface area contributed by atoms with Crippen LogP contribution in [0.5, 0.6) is 0 Å². The summed E-state index contributed by atoms with van der Waals surface area (Å²) in [6, 6.07) is 10.4. The number of carbonyl (C=O) groups is 3. The van der Waals surface area contributed by atoms with Crippen LogP contribution in [0.25, 0.3) is 0 Å². The molecule has 0 saturated carbocycles. The quantitative estimate of drug-likeness (QED) is 0.521. The van der Waals surface area contributed by atoms with Gasteiger partial charge in [-0.2, -0.15) is 0 Å². The number of piperazine rings is 1. The smallest absolute Gasteiger partial charge is 0.410 e. The molecule has 3 fully saturated rings. The third-order valence-electron chi connectivity index (χ3n) is 10.5. The maximum atomic E-state index is 13.9. The number of fused-ring (bicyclic) bond motifs is 1. The van der Waals surface area contributed by atoms with Gasteiger partial charge >= 0.3 is 12.1 Å². The number of aryl methyl sites for hydroxylation is 2. The number of nitrogens with zero attached hydrogens (tertiary/aromatic N) is 6. The zero-order chi connectivity index (χ0) is 32.2. The van der Waals surface area contributed by atoms with E-state index in [1.165, 1.54) is 0 Å². The third-order valence-corrected chi connectivity index (χ3v) is 10.5. The Kier molecular flexibility index (Phi) is 10.1. The molecular formula is C35H49N7O4. The van der Waals surface area contributed by atoms with Crippen molar-refractivity contribution in [3.05, 3.63) is 58.9 Å². The van der Waals surface area contributed by atoms with E-state index in [0.29, 0.717) is 51.6 Å². The number of urea groups is 1. The average Bonchev–Trinajstić information content (AvgIpc) is 3.24. The molecule has 11 heteroatoms. The molecule has 46 heavy (non-hydrogen) atoms. The van der Waals surface area contributed by atoms with Gasteiger partial charge in [0.05, 0.1) is 0 Å². The zero-order valence-corrected chi connectivity index (χ0v) is 27.6. The van der Waals surface area contributed by atoms with E-state index in [1.54, 1.807) is 4.90 Å². The maximum absolute atomic E-state index is 13.9. The molecule has 5 heterocycles. The Morgan fingerprint density at radius 1 is 0.891 bits per heavy atom. The van der Waals surface area contributed by atoms with E-state index in [9.17, 15) is 14.4 Å². The van der Waals surface area contributed by atoms with Crippen molar-refractivity contribution in [2.24, 2.45) is 0 Å². The number of benzene rings is 1. The van der Waals surface area contributed by atoms with Crippen molar-refractivity contribution in [2.45, 2.75) is 70.6 Å². The number of pyridine rings is 1. The van der Waals surface area contributed by atoms with Gasteiger partial charge in [-0.1, -0.05) is 18.2 Å². The summed E-state index contributed by atoms with van der Waals surface area (Å²) in [4.78, 5) is 55.5. The molecule has 3 saturated heterocycles. The van der Waals surface area contributed by atoms with E-state index in [2.05, 4.69) is 33.2 Å². The first-order valence-corrected chi connectivity index (χ1v) is 17.0. The Morgan fingerprint density at radius 2 is 1.59 bits per heavy atom. The monoisotopic (exact) mass is 631 g/mol. The van der Waals surface area contributed by atoms with Crippen molar-refractivity contribution in [1.29, 1.82) is 0 Å². The van der Waals surface area contributed by atoms with Gasteiger partial charge in [-0.15, -0.1) is 0 Å². The predicted octanol–water partition coefficient (Wildman–Crippen LogP) is 3.54. The van der Waals surface area contributed by atoms with E-state index >= 15 is 0 Å². The van der Waals surface area contributed by atoms with Crippen LogP contribution in [0.4, 0.5) is 15.3 Å². The van der Waals surface area contributed by atoms with Crippen molar-refractivity contribution in [3.8, 4) is 0 Å². The number of ether oxygens (including phenoxy) is 1. The van der Waals surface area contributed by atoms with Gasteiger partial charge < -0.3 is 29.7 Å². The van der Waals surface area contributed by atoms with Crippen LogP contribution in [0, 0.1) is 13.8 Å². The van der Waals surface area contributed by atoms with E-state index in [0.717, 1.165) is 73.5 Å². The fourth-order valence-corrected chi connectivity index (χ4v) is 7.33. The molecule has 1 atom stereocenters. The number of piperidine rings is 2. The number of hydrogen-bond acceptors (Lipinski definition) is 7. The minimum Gasteiger partial charge on any atom is -0.436 e. The summed E-state index contributed by atoms with van der Waals surface area (Å²) >= 11 is 0. The summed E-state index contributed by atoms with van der Waals surface area (Å²) in [5, 5.41) is 3.06.